The SMILES string of the molecule is CC(C)(C)C(=O)C(C#N)=Cc1cn[nH]c1-c1ccc(F)cc1. The van der Waals surface area contributed by atoms with E-state index in [-0.39, 0.29) is 17.2 Å². The summed E-state index contributed by atoms with van der Waals surface area (Å²) in [5, 5.41) is 16.0. The van der Waals surface area contributed by atoms with Crippen molar-refractivity contribution >= 4 is 11.9 Å². The van der Waals surface area contributed by atoms with Gasteiger partial charge in [-0.15, -0.1) is 0 Å². The highest BCUT2D eigenvalue weighted by Crippen LogP contribution is 2.26. The van der Waals surface area contributed by atoms with Crippen LogP contribution in [0.15, 0.2) is 36.0 Å². The Bertz CT molecular complexity index is 758. The monoisotopic (exact) mass is 297 g/mol. The number of aromatic amines is 1. The maximum Gasteiger partial charge on any atom is 0.178 e. The van der Waals surface area contributed by atoms with Gasteiger partial charge in [0.2, 0.25) is 0 Å². The number of nitrogens with zero attached hydrogens (tertiary/aromatic N) is 2. The summed E-state index contributed by atoms with van der Waals surface area (Å²) in [4.78, 5) is 12.2. The molecule has 1 heterocycles. The molecule has 0 aliphatic carbocycles. The minimum absolute atomic E-state index is 0.0669. The molecular weight excluding hydrogens is 281 g/mol. The summed E-state index contributed by atoms with van der Waals surface area (Å²) in [5.41, 5.74) is 1.40. The number of carbonyl (C=O) groups excluding carboxylic acids is 1. The number of allylic oxidation sites excluding steroid dienone is 1. The molecule has 22 heavy (non-hydrogen) atoms. The zero-order valence-electron chi connectivity index (χ0n) is 12.6. The Morgan fingerprint density at radius 3 is 2.50 bits per heavy atom. The van der Waals surface area contributed by atoms with Gasteiger partial charge in [0.05, 0.1) is 17.5 Å². The molecule has 0 saturated carbocycles. The van der Waals surface area contributed by atoms with Crippen LogP contribution in [0.5, 0.6) is 0 Å². The lowest BCUT2D eigenvalue weighted by molar-refractivity contribution is -0.121. The highest BCUT2D eigenvalue weighted by Gasteiger charge is 2.25. The number of carbonyl (C=O) groups is 1. The Balaban J connectivity index is 2.45. The van der Waals surface area contributed by atoms with Crippen LogP contribution in [0.4, 0.5) is 4.39 Å². The second kappa shape index (κ2) is 5.94. The Kier molecular flexibility index (Phi) is 4.22. The van der Waals surface area contributed by atoms with Crippen LogP contribution in [0.3, 0.4) is 0 Å². The molecule has 4 nitrogen and oxygen atoms in total. The van der Waals surface area contributed by atoms with Crippen molar-refractivity contribution in [3.63, 3.8) is 0 Å². The van der Waals surface area contributed by atoms with Crippen LogP contribution in [-0.4, -0.2) is 16.0 Å². The van der Waals surface area contributed by atoms with Gasteiger partial charge in [0.25, 0.3) is 0 Å². The van der Waals surface area contributed by atoms with Crippen molar-refractivity contribution in [3.8, 4) is 17.3 Å². The van der Waals surface area contributed by atoms with E-state index in [1.165, 1.54) is 24.4 Å². The Hall–Kier alpha value is -2.74. The summed E-state index contributed by atoms with van der Waals surface area (Å²) < 4.78 is 13.0. The zero-order chi connectivity index (χ0) is 16.3. The molecule has 0 unspecified atom stereocenters. The molecule has 2 rings (SSSR count). The van der Waals surface area contributed by atoms with Gasteiger partial charge in [-0.05, 0) is 30.3 Å². The largest absolute Gasteiger partial charge is 0.293 e. The molecule has 0 aliphatic rings. The summed E-state index contributed by atoms with van der Waals surface area (Å²) in [7, 11) is 0. The number of rotatable bonds is 3. The van der Waals surface area contributed by atoms with Gasteiger partial charge >= 0.3 is 0 Å². The predicted octanol–water partition coefficient (Wildman–Crippen LogP) is 3.74. The predicted molar refractivity (Wildman–Crippen MR) is 82.0 cm³/mol. The van der Waals surface area contributed by atoms with Crippen LogP contribution >= 0.6 is 0 Å². The minimum Gasteiger partial charge on any atom is -0.293 e. The number of halogens is 1. The number of nitrogens with one attached hydrogen (secondary N) is 1. The van der Waals surface area contributed by atoms with Crippen molar-refractivity contribution in [1.29, 1.82) is 5.26 Å². The first kappa shape index (κ1) is 15.6. The first-order valence-electron chi connectivity index (χ1n) is 6.79. The fourth-order valence-corrected chi connectivity index (χ4v) is 1.96. The number of nitriles is 1. The molecule has 1 aromatic carbocycles. The third kappa shape index (κ3) is 3.29. The summed E-state index contributed by atoms with van der Waals surface area (Å²) in [6.45, 7) is 5.28. The molecule has 1 N–H and O–H groups in total. The summed E-state index contributed by atoms with van der Waals surface area (Å²) in [6, 6.07) is 7.85. The number of H-pyrrole nitrogens is 1. The average Bonchev–Trinajstić information content (AvgIpc) is 2.92. The maximum absolute atomic E-state index is 13.0. The summed E-state index contributed by atoms with van der Waals surface area (Å²) in [6.07, 6.45) is 3.04. The van der Waals surface area contributed by atoms with Crippen LogP contribution in [0, 0.1) is 22.6 Å². The third-order valence-electron chi connectivity index (χ3n) is 3.15. The van der Waals surface area contributed by atoms with Gasteiger partial charge in [-0.25, -0.2) is 4.39 Å². The second-order valence-electron chi connectivity index (χ2n) is 5.96. The van der Waals surface area contributed by atoms with E-state index < -0.39 is 5.41 Å². The topological polar surface area (TPSA) is 69.5 Å². The molecule has 0 atom stereocenters. The van der Waals surface area contributed by atoms with E-state index in [1.807, 2.05) is 6.07 Å². The van der Waals surface area contributed by atoms with Gasteiger partial charge in [-0.1, -0.05) is 20.8 Å². The van der Waals surface area contributed by atoms with E-state index in [4.69, 9.17) is 0 Å². The minimum atomic E-state index is -0.638. The lowest BCUT2D eigenvalue weighted by atomic mass is 9.86. The van der Waals surface area contributed by atoms with Crippen LogP contribution in [0.2, 0.25) is 0 Å². The third-order valence-corrected chi connectivity index (χ3v) is 3.15. The van der Waals surface area contributed by atoms with E-state index in [0.29, 0.717) is 11.3 Å². The molecule has 0 amide bonds. The second-order valence-corrected chi connectivity index (χ2v) is 5.96. The fourth-order valence-electron chi connectivity index (χ4n) is 1.96. The van der Waals surface area contributed by atoms with Crippen molar-refractivity contribution in [1.82, 2.24) is 10.2 Å². The number of hydrogen-bond donors (Lipinski definition) is 1. The fraction of sp³-hybridized carbons (Fsp3) is 0.235. The van der Waals surface area contributed by atoms with Crippen molar-refractivity contribution < 1.29 is 9.18 Å². The smallest absolute Gasteiger partial charge is 0.178 e. The number of Topliss-reactive ketones (excluding diaryl/α,β-unsaturated/α-hetero) is 1. The van der Waals surface area contributed by atoms with Gasteiger partial charge in [0.1, 0.15) is 11.9 Å². The van der Waals surface area contributed by atoms with Gasteiger partial charge in [-0.3, -0.25) is 9.89 Å². The van der Waals surface area contributed by atoms with E-state index in [9.17, 15) is 14.4 Å². The average molecular weight is 297 g/mol. The van der Waals surface area contributed by atoms with Crippen LogP contribution in [0.1, 0.15) is 26.3 Å². The van der Waals surface area contributed by atoms with Crippen LogP contribution in [0.25, 0.3) is 17.3 Å². The van der Waals surface area contributed by atoms with Gasteiger partial charge < -0.3 is 0 Å². The molecule has 5 heteroatoms. The molecule has 0 aliphatic heterocycles. The van der Waals surface area contributed by atoms with E-state index in [0.717, 1.165) is 5.56 Å². The van der Waals surface area contributed by atoms with Gasteiger partial charge in [0.15, 0.2) is 5.78 Å². The Labute approximate surface area is 128 Å². The molecule has 1 aromatic heterocycles. The number of benzene rings is 1. The first-order chi connectivity index (χ1) is 10.3. The van der Waals surface area contributed by atoms with Gasteiger partial charge in [0, 0.05) is 16.5 Å². The molecule has 0 bridgehead atoms. The molecular formula is C17H16FN3O. The van der Waals surface area contributed by atoms with Crippen LogP contribution < -0.4 is 0 Å². The zero-order valence-corrected chi connectivity index (χ0v) is 12.6. The molecule has 0 radical (unpaired) electrons. The van der Waals surface area contributed by atoms with Crippen molar-refractivity contribution in [3.05, 3.63) is 47.4 Å². The first-order valence-corrected chi connectivity index (χ1v) is 6.79. The normalized spacial score (nSPS) is 12.0. The highest BCUT2D eigenvalue weighted by molar-refractivity contribution is 6.06. The standard InChI is InChI=1S/C17H16FN3O/c1-17(2,3)16(22)12(9-19)8-13-10-20-21-15(13)11-4-6-14(18)7-5-11/h4-8,10H,1-3H3,(H,20,21). The molecule has 0 spiro atoms. The van der Waals surface area contributed by atoms with Crippen molar-refractivity contribution in [2.24, 2.45) is 5.41 Å². The quantitative estimate of drug-likeness (QED) is 0.693. The number of aromatic nitrogens is 2. The van der Waals surface area contributed by atoms with Crippen molar-refractivity contribution in [2.75, 3.05) is 0 Å². The number of hydrogen-bond acceptors (Lipinski definition) is 3. The lowest BCUT2D eigenvalue weighted by Crippen LogP contribution is -2.21. The molecule has 2 aromatic rings. The van der Waals surface area contributed by atoms with Crippen LogP contribution in [-0.2, 0) is 4.79 Å². The lowest BCUT2D eigenvalue weighted by Gasteiger charge is -2.15. The Morgan fingerprint density at radius 2 is 1.95 bits per heavy atom. The summed E-state index contributed by atoms with van der Waals surface area (Å²) in [5.74, 6) is -0.567. The van der Waals surface area contributed by atoms with Gasteiger partial charge in [-0.2, -0.15) is 10.4 Å². The maximum atomic E-state index is 13.0. The summed E-state index contributed by atoms with van der Waals surface area (Å²) >= 11 is 0. The highest BCUT2D eigenvalue weighted by atomic mass is 19.1. The van der Waals surface area contributed by atoms with E-state index in [1.54, 1.807) is 32.9 Å². The van der Waals surface area contributed by atoms with E-state index in [2.05, 4.69) is 10.2 Å². The molecule has 112 valence electrons. The molecule has 0 saturated heterocycles. The number of ketones is 1. The van der Waals surface area contributed by atoms with Crippen molar-refractivity contribution in [2.45, 2.75) is 20.8 Å². The van der Waals surface area contributed by atoms with E-state index >= 15 is 0 Å². The Morgan fingerprint density at radius 1 is 1.32 bits per heavy atom. The molecule has 0 fully saturated rings.